The Bertz CT molecular complexity index is 1000. The molecule has 1 heterocycles. The van der Waals surface area contributed by atoms with E-state index in [1.807, 2.05) is 0 Å². The van der Waals surface area contributed by atoms with Crippen LogP contribution in [0.5, 0.6) is 5.75 Å². The molecule has 0 aromatic heterocycles. The molecule has 28 heavy (non-hydrogen) atoms. The molecule has 0 aliphatic carbocycles. The summed E-state index contributed by atoms with van der Waals surface area (Å²) in [6.07, 6.45) is 2.42. The van der Waals surface area contributed by atoms with Crippen LogP contribution in [0.25, 0.3) is 0 Å². The van der Waals surface area contributed by atoms with E-state index in [9.17, 15) is 13.2 Å². The maximum absolute atomic E-state index is 13.4. The molecule has 0 radical (unpaired) electrons. The lowest BCUT2D eigenvalue weighted by atomic mass is 10.1. The minimum atomic E-state index is -3.98. The highest BCUT2D eigenvalue weighted by molar-refractivity contribution is 7.92. The van der Waals surface area contributed by atoms with E-state index < -0.39 is 10.0 Å². The van der Waals surface area contributed by atoms with Gasteiger partial charge in [0.1, 0.15) is 5.75 Å². The molecule has 1 aliphatic heterocycles. The number of carbonyl (C=O) groups is 1. The van der Waals surface area contributed by atoms with E-state index in [2.05, 4.69) is 6.58 Å². The van der Waals surface area contributed by atoms with Gasteiger partial charge in [-0.1, -0.05) is 29.8 Å². The van der Waals surface area contributed by atoms with Crippen molar-refractivity contribution in [3.8, 4) is 5.75 Å². The maximum atomic E-state index is 13.4. The Morgan fingerprint density at radius 1 is 1.29 bits per heavy atom. The number of nitrogens with zero attached hydrogens (tertiary/aromatic N) is 2. The van der Waals surface area contributed by atoms with Crippen molar-refractivity contribution in [1.82, 2.24) is 4.90 Å². The molecule has 2 aromatic rings. The minimum absolute atomic E-state index is 0.0199. The zero-order valence-corrected chi connectivity index (χ0v) is 17.0. The number of hydrogen-bond acceptors (Lipinski definition) is 4. The van der Waals surface area contributed by atoms with Crippen LogP contribution in [0.3, 0.4) is 0 Å². The van der Waals surface area contributed by atoms with Crippen molar-refractivity contribution in [2.24, 2.45) is 0 Å². The summed E-state index contributed by atoms with van der Waals surface area (Å²) in [5, 5.41) is 0.225. The number of carbonyl (C=O) groups excluding carboxylic acids is 1. The van der Waals surface area contributed by atoms with Gasteiger partial charge in [-0.05, 0) is 36.8 Å². The van der Waals surface area contributed by atoms with Crippen LogP contribution in [-0.4, -0.2) is 46.0 Å². The smallest absolute Gasteiger partial charge is 0.264 e. The molecule has 1 fully saturated rings. The molecular formula is C20H21ClN2O4S. The van der Waals surface area contributed by atoms with Gasteiger partial charge in [0.15, 0.2) is 0 Å². The second-order valence-electron chi connectivity index (χ2n) is 6.28. The van der Waals surface area contributed by atoms with E-state index in [0.717, 1.165) is 6.42 Å². The Kier molecular flexibility index (Phi) is 5.96. The monoisotopic (exact) mass is 420 g/mol. The Hall–Kier alpha value is -2.51. The van der Waals surface area contributed by atoms with Crippen molar-refractivity contribution in [1.29, 1.82) is 0 Å². The van der Waals surface area contributed by atoms with Crippen molar-refractivity contribution >= 4 is 33.2 Å². The van der Waals surface area contributed by atoms with Gasteiger partial charge < -0.3 is 9.64 Å². The van der Waals surface area contributed by atoms with Crippen LogP contribution < -0.4 is 9.04 Å². The zero-order chi connectivity index (χ0) is 20.3. The molecule has 0 spiro atoms. The number of amides is 1. The fraction of sp³-hybridized carbons (Fsp3) is 0.250. The van der Waals surface area contributed by atoms with Crippen LogP contribution in [0.2, 0.25) is 5.02 Å². The second kappa shape index (κ2) is 8.24. The summed E-state index contributed by atoms with van der Waals surface area (Å²) in [6.45, 7) is 5.00. The average Bonchev–Trinajstić information content (AvgIpc) is 2.64. The van der Waals surface area contributed by atoms with Gasteiger partial charge in [-0.25, -0.2) is 8.42 Å². The Morgan fingerprint density at radius 2 is 2.00 bits per heavy atom. The molecule has 0 unspecified atom stereocenters. The third-order valence-electron chi connectivity index (χ3n) is 4.55. The number of methoxy groups -OCH3 is 1. The first kappa shape index (κ1) is 20.2. The average molecular weight is 421 g/mol. The summed E-state index contributed by atoms with van der Waals surface area (Å²) in [6, 6.07) is 11.0. The van der Waals surface area contributed by atoms with Gasteiger partial charge in [0.05, 0.1) is 34.8 Å². The number of anilines is 1. The van der Waals surface area contributed by atoms with Crippen molar-refractivity contribution in [2.45, 2.75) is 11.3 Å². The highest BCUT2D eigenvalue weighted by atomic mass is 35.5. The van der Waals surface area contributed by atoms with Gasteiger partial charge >= 0.3 is 0 Å². The van der Waals surface area contributed by atoms with E-state index in [0.29, 0.717) is 24.5 Å². The number of hydrogen-bond donors (Lipinski definition) is 0. The first-order valence-electron chi connectivity index (χ1n) is 8.75. The lowest BCUT2D eigenvalue weighted by Gasteiger charge is -2.31. The molecule has 0 bridgehead atoms. The Morgan fingerprint density at radius 3 is 2.61 bits per heavy atom. The molecule has 8 heteroatoms. The molecule has 0 atom stereocenters. The number of ether oxygens (including phenoxy) is 1. The lowest BCUT2D eigenvalue weighted by Crippen LogP contribution is -2.42. The first-order chi connectivity index (χ1) is 13.4. The maximum Gasteiger partial charge on any atom is 0.264 e. The minimum Gasteiger partial charge on any atom is -0.495 e. The summed E-state index contributed by atoms with van der Waals surface area (Å²) >= 11 is 6.18. The van der Waals surface area contributed by atoms with Crippen molar-refractivity contribution in [3.05, 3.63) is 65.7 Å². The molecular weight excluding hydrogens is 400 g/mol. The number of rotatable bonds is 7. The molecule has 3 rings (SSSR count). The van der Waals surface area contributed by atoms with Crippen molar-refractivity contribution < 1.29 is 17.9 Å². The van der Waals surface area contributed by atoms with Crippen LogP contribution in [0, 0.1) is 0 Å². The molecule has 1 amide bonds. The summed E-state index contributed by atoms with van der Waals surface area (Å²) < 4.78 is 33.3. The Balaban J connectivity index is 2.07. The standard InChI is InChI=1S/C20H21ClN2O4S/c1-3-11-23(18-7-4-5-8-19(18)27-2)28(25,26)15-9-10-17(21)16(14-15)20(24)22-12-6-13-22/h3-5,7-10,14H,1,6,11-13H2,2H3. The largest absolute Gasteiger partial charge is 0.495 e. The highest BCUT2D eigenvalue weighted by Crippen LogP contribution is 2.33. The molecule has 148 valence electrons. The van der Waals surface area contributed by atoms with Gasteiger partial charge in [-0.15, -0.1) is 6.58 Å². The van der Waals surface area contributed by atoms with Crippen LogP contribution in [0.4, 0.5) is 5.69 Å². The highest BCUT2D eigenvalue weighted by Gasteiger charge is 2.29. The van der Waals surface area contributed by atoms with E-state index >= 15 is 0 Å². The zero-order valence-electron chi connectivity index (χ0n) is 15.5. The summed E-state index contributed by atoms with van der Waals surface area (Å²) in [5.41, 5.74) is 0.566. The van der Waals surface area contributed by atoms with Crippen LogP contribution in [-0.2, 0) is 10.0 Å². The summed E-state index contributed by atoms with van der Waals surface area (Å²) in [7, 11) is -2.51. The number of benzene rings is 2. The van der Waals surface area contributed by atoms with Crippen LogP contribution >= 0.6 is 11.6 Å². The van der Waals surface area contributed by atoms with Crippen molar-refractivity contribution in [3.63, 3.8) is 0 Å². The van der Waals surface area contributed by atoms with Gasteiger partial charge in [-0.3, -0.25) is 9.10 Å². The second-order valence-corrected chi connectivity index (χ2v) is 8.55. The predicted octanol–water partition coefficient (Wildman–Crippen LogP) is 3.58. The number of halogens is 1. The van der Waals surface area contributed by atoms with Gasteiger partial charge in [0.2, 0.25) is 0 Å². The number of para-hydroxylation sites is 2. The molecule has 6 nitrogen and oxygen atoms in total. The fourth-order valence-corrected chi connectivity index (χ4v) is 4.60. The SMILES string of the molecule is C=CCN(c1ccccc1OC)S(=O)(=O)c1ccc(Cl)c(C(=O)N2CCC2)c1. The van der Waals surface area contributed by atoms with Gasteiger partial charge in [0, 0.05) is 13.1 Å². The van der Waals surface area contributed by atoms with E-state index in [1.165, 1.54) is 35.7 Å². The Labute approximate surface area is 170 Å². The third kappa shape index (κ3) is 3.72. The quantitative estimate of drug-likeness (QED) is 0.642. The normalized spacial score (nSPS) is 13.6. The molecule has 1 aliphatic rings. The molecule has 1 saturated heterocycles. The third-order valence-corrected chi connectivity index (χ3v) is 6.65. The topological polar surface area (TPSA) is 66.9 Å². The number of likely N-dealkylation sites (tertiary alicyclic amines) is 1. The van der Waals surface area contributed by atoms with Crippen molar-refractivity contribution in [2.75, 3.05) is 31.0 Å². The number of sulfonamides is 1. The van der Waals surface area contributed by atoms with E-state index in [4.69, 9.17) is 16.3 Å². The van der Waals surface area contributed by atoms with Gasteiger partial charge in [-0.2, -0.15) is 0 Å². The summed E-state index contributed by atoms with van der Waals surface area (Å²) in [4.78, 5) is 14.2. The van der Waals surface area contributed by atoms with Crippen LogP contribution in [0.1, 0.15) is 16.8 Å². The van der Waals surface area contributed by atoms with Gasteiger partial charge in [0.25, 0.3) is 15.9 Å². The first-order valence-corrected chi connectivity index (χ1v) is 10.6. The molecule has 2 aromatic carbocycles. The predicted molar refractivity (Wildman–Crippen MR) is 110 cm³/mol. The van der Waals surface area contributed by atoms with Crippen LogP contribution in [0.15, 0.2) is 60.0 Å². The summed E-state index contributed by atoms with van der Waals surface area (Å²) in [5.74, 6) is 0.152. The molecule has 0 N–H and O–H groups in total. The van der Waals surface area contributed by atoms with E-state index in [-0.39, 0.29) is 27.9 Å². The van der Waals surface area contributed by atoms with E-state index in [1.54, 1.807) is 29.2 Å². The molecule has 0 saturated carbocycles. The lowest BCUT2D eigenvalue weighted by molar-refractivity contribution is 0.0651. The fourth-order valence-electron chi connectivity index (χ4n) is 2.92.